The molecule has 0 fully saturated rings. The fourth-order valence-electron chi connectivity index (χ4n) is 0.271. The van der Waals surface area contributed by atoms with Gasteiger partial charge in [-0.2, -0.15) is 0 Å². The molecule has 13 heavy (non-hydrogen) atoms. The largest absolute Gasteiger partial charge is 0.295 e. The molecular weight excluding hydrogens is 265 g/mol. The van der Waals surface area contributed by atoms with Crippen LogP contribution >= 0.6 is 35.0 Å². The summed E-state index contributed by atoms with van der Waals surface area (Å²) in [4.78, 5) is 0. The maximum atomic E-state index is 12.4. The zero-order valence-corrected chi connectivity index (χ0v) is 7.92. The number of alkyl halides is 8. The Labute approximate surface area is 83.6 Å². The van der Waals surface area contributed by atoms with Crippen molar-refractivity contribution in [2.45, 2.75) is 21.8 Å². The van der Waals surface area contributed by atoms with Gasteiger partial charge < -0.3 is 0 Å². The lowest BCUT2D eigenvalue weighted by molar-refractivity contribution is 0.0561. The van der Waals surface area contributed by atoms with Crippen molar-refractivity contribution in [3.05, 3.63) is 0 Å². The van der Waals surface area contributed by atoms with Crippen LogP contribution in [0, 0.1) is 0 Å². The second-order valence-electron chi connectivity index (χ2n) is 1.83. The van der Waals surface area contributed by atoms with Gasteiger partial charge in [0, 0.05) is 0 Å². The molecule has 0 nitrogen and oxygen atoms in total. The Balaban J connectivity index is 4.42. The number of rotatable bonds is 4. The smallest absolute Gasteiger partial charge is 0.207 e. The molecule has 0 aliphatic carbocycles. The van der Waals surface area contributed by atoms with E-state index in [9.17, 15) is 26.3 Å². The molecule has 0 aliphatic rings. The number of hydrogen-bond donors (Lipinski definition) is 0. The van der Waals surface area contributed by atoms with Gasteiger partial charge in [-0.3, -0.25) is 0 Å². The highest BCUT2D eigenvalue weighted by Gasteiger charge is 2.52. The van der Waals surface area contributed by atoms with Crippen LogP contribution in [0.1, 0.15) is 0 Å². The van der Waals surface area contributed by atoms with E-state index in [4.69, 9.17) is 0 Å². The summed E-state index contributed by atoms with van der Waals surface area (Å²) >= 11 is 7.59. The highest BCUT2D eigenvalue weighted by molar-refractivity contribution is 8.04. The fraction of sp³-hybridized carbons (Fsp3) is 1.00. The van der Waals surface area contributed by atoms with Crippen LogP contribution < -0.4 is 0 Å². The SMILES string of the molecule is FC(F)C(F)(Cl)SC(F)(Cl)C(F)F. The highest BCUT2D eigenvalue weighted by Crippen LogP contribution is 2.50. The Morgan fingerprint density at radius 3 is 1.23 bits per heavy atom. The van der Waals surface area contributed by atoms with Gasteiger partial charge in [0.05, 0.1) is 0 Å². The van der Waals surface area contributed by atoms with Gasteiger partial charge in [0.2, 0.25) is 0 Å². The molecule has 0 aliphatic heterocycles. The van der Waals surface area contributed by atoms with Gasteiger partial charge in [0.15, 0.2) is 0 Å². The lowest BCUT2D eigenvalue weighted by Crippen LogP contribution is -2.31. The summed E-state index contributed by atoms with van der Waals surface area (Å²) in [6, 6.07) is 0. The van der Waals surface area contributed by atoms with Gasteiger partial charge in [-0.25, -0.2) is 26.3 Å². The zero-order chi connectivity index (χ0) is 10.9. The summed E-state index contributed by atoms with van der Waals surface area (Å²) in [5.74, 6) is 0. The van der Waals surface area contributed by atoms with Gasteiger partial charge in [0.1, 0.15) is 0 Å². The molecule has 0 aromatic rings. The Morgan fingerprint density at radius 1 is 0.846 bits per heavy atom. The average Bonchev–Trinajstić information content (AvgIpc) is 1.83. The molecule has 0 heterocycles. The molecule has 0 spiro atoms. The van der Waals surface area contributed by atoms with Crippen LogP contribution in [0.25, 0.3) is 0 Å². The molecule has 0 rings (SSSR count). The minimum atomic E-state index is -3.97. The number of halogens is 8. The monoisotopic (exact) mass is 266 g/mol. The van der Waals surface area contributed by atoms with E-state index in [-0.39, 0.29) is 0 Å². The van der Waals surface area contributed by atoms with Crippen LogP contribution in [0.2, 0.25) is 0 Å². The summed E-state index contributed by atoms with van der Waals surface area (Å²) in [5.41, 5.74) is 0. The Hall–Kier alpha value is 0.510. The van der Waals surface area contributed by atoms with Crippen LogP contribution in [0.15, 0.2) is 0 Å². The standard InChI is InChI=1S/C4H2Cl2F6S/c5-3(11,1(7)8)13-4(6,12)2(9)10/h1-2H. The first-order valence-corrected chi connectivity index (χ1v) is 4.19. The van der Waals surface area contributed by atoms with Crippen molar-refractivity contribution in [2.75, 3.05) is 0 Å². The minimum Gasteiger partial charge on any atom is -0.207 e. The van der Waals surface area contributed by atoms with Crippen LogP contribution in [0.3, 0.4) is 0 Å². The van der Waals surface area contributed by atoms with E-state index in [0.717, 1.165) is 0 Å². The second-order valence-corrected chi connectivity index (χ2v) is 4.77. The average molecular weight is 267 g/mol. The maximum absolute atomic E-state index is 12.4. The van der Waals surface area contributed by atoms with Gasteiger partial charge in [0.25, 0.3) is 21.8 Å². The van der Waals surface area contributed by atoms with Gasteiger partial charge in [-0.1, -0.05) is 23.2 Å². The lowest BCUT2D eigenvalue weighted by atomic mass is 10.8. The Morgan fingerprint density at radius 2 is 1.08 bits per heavy atom. The first-order chi connectivity index (χ1) is 5.59. The Bertz CT molecular complexity index is 154. The van der Waals surface area contributed by atoms with Gasteiger partial charge in [-0.15, -0.1) is 0 Å². The molecule has 2 atom stereocenters. The van der Waals surface area contributed by atoms with Crippen LogP contribution in [0.4, 0.5) is 26.3 Å². The van der Waals surface area contributed by atoms with Crippen molar-refractivity contribution in [1.29, 1.82) is 0 Å². The molecule has 0 aromatic heterocycles. The first-order valence-electron chi connectivity index (χ1n) is 2.61. The van der Waals surface area contributed by atoms with Gasteiger partial charge >= 0.3 is 0 Å². The third-order valence-electron chi connectivity index (χ3n) is 0.780. The summed E-state index contributed by atoms with van der Waals surface area (Å²) in [7, 11) is 0. The fourth-order valence-corrected chi connectivity index (χ4v) is 1.60. The molecular formula is C4H2Cl2F6S. The molecule has 0 bridgehead atoms. The van der Waals surface area contributed by atoms with Crippen LogP contribution in [-0.4, -0.2) is 21.8 Å². The van der Waals surface area contributed by atoms with E-state index in [2.05, 4.69) is 23.2 Å². The quantitative estimate of drug-likeness (QED) is 0.548. The van der Waals surface area contributed by atoms with Crippen molar-refractivity contribution in [3.8, 4) is 0 Å². The summed E-state index contributed by atoms with van der Waals surface area (Å²) in [6.07, 6.45) is -7.65. The van der Waals surface area contributed by atoms with Gasteiger partial charge in [-0.05, 0) is 11.8 Å². The maximum Gasteiger partial charge on any atom is 0.295 e. The number of thioether (sulfide) groups is 1. The molecule has 0 amide bonds. The van der Waals surface area contributed by atoms with Crippen molar-refractivity contribution in [3.63, 3.8) is 0 Å². The second kappa shape index (κ2) is 4.35. The predicted octanol–water partition coefficient (Wildman–Crippen LogP) is 3.97. The van der Waals surface area contributed by atoms with Crippen LogP contribution in [0.5, 0.6) is 0 Å². The summed E-state index contributed by atoms with van der Waals surface area (Å²) in [5, 5.41) is 0. The van der Waals surface area contributed by atoms with E-state index >= 15 is 0 Å². The molecule has 0 saturated heterocycles. The normalized spacial score (nSPS) is 21.7. The van der Waals surface area contributed by atoms with E-state index in [1.165, 1.54) is 0 Å². The van der Waals surface area contributed by atoms with Crippen molar-refractivity contribution in [1.82, 2.24) is 0 Å². The van der Waals surface area contributed by atoms with E-state index in [1.54, 1.807) is 0 Å². The Kier molecular flexibility index (Phi) is 4.52. The highest BCUT2D eigenvalue weighted by atomic mass is 35.5. The van der Waals surface area contributed by atoms with Crippen molar-refractivity contribution >= 4 is 35.0 Å². The molecule has 9 heteroatoms. The molecule has 2 unspecified atom stereocenters. The molecule has 0 aromatic carbocycles. The molecule has 0 radical (unpaired) electrons. The van der Waals surface area contributed by atoms with Crippen molar-refractivity contribution < 1.29 is 26.3 Å². The van der Waals surface area contributed by atoms with E-state index < -0.39 is 33.5 Å². The topological polar surface area (TPSA) is 0 Å². The summed E-state index contributed by atoms with van der Waals surface area (Å²) in [6.45, 7) is 0. The third-order valence-corrected chi connectivity index (χ3v) is 2.47. The van der Waals surface area contributed by atoms with Crippen molar-refractivity contribution in [2.24, 2.45) is 0 Å². The lowest BCUT2D eigenvalue weighted by Gasteiger charge is -2.23. The predicted molar refractivity (Wildman–Crippen MR) is 39.0 cm³/mol. The molecule has 80 valence electrons. The third kappa shape index (κ3) is 4.03. The van der Waals surface area contributed by atoms with E-state index in [0.29, 0.717) is 0 Å². The van der Waals surface area contributed by atoms with Crippen LogP contribution in [-0.2, 0) is 0 Å². The molecule has 0 saturated carbocycles. The first kappa shape index (κ1) is 13.5. The zero-order valence-electron chi connectivity index (χ0n) is 5.59. The molecule has 0 N–H and O–H groups in total. The minimum absolute atomic E-state index is 1.18. The summed E-state index contributed by atoms with van der Waals surface area (Å²) < 4.78 is 63.3. The number of hydrogen-bond acceptors (Lipinski definition) is 1. The van der Waals surface area contributed by atoms with E-state index in [1.807, 2.05) is 0 Å².